The molecule has 0 bridgehead atoms. The lowest BCUT2D eigenvalue weighted by Crippen LogP contribution is -1.96. The van der Waals surface area contributed by atoms with Crippen molar-refractivity contribution in [2.75, 3.05) is 6.54 Å². The smallest absolute Gasteiger partial charge is 0.0504 e. The zero-order chi connectivity index (χ0) is 8.55. The van der Waals surface area contributed by atoms with Crippen molar-refractivity contribution in [3.05, 3.63) is 35.9 Å². The van der Waals surface area contributed by atoms with Crippen LogP contribution in [-0.4, -0.2) is 17.5 Å². The summed E-state index contributed by atoms with van der Waals surface area (Å²) in [5, 5.41) is 0. The Labute approximate surface area is 74.0 Å². The number of nitrogens with zero attached hydrogens (tertiary/aromatic N) is 1. The Kier molecular flexibility index (Phi) is 1.89. The van der Waals surface area contributed by atoms with Crippen molar-refractivity contribution in [2.45, 2.75) is 25.9 Å². The van der Waals surface area contributed by atoms with Crippen LogP contribution in [0.3, 0.4) is 0 Å². The van der Waals surface area contributed by atoms with Gasteiger partial charge in [-0.3, -0.25) is 4.90 Å². The second-order valence-electron chi connectivity index (χ2n) is 3.43. The van der Waals surface area contributed by atoms with E-state index in [0.29, 0.717) is 6.04 Å². The molecule has 1 nitrogen and oxygen atoms in total. The molecule has 1 aromatic carbocycles. The highest BCUT2D eigenvalue weighted by Gasteiger charge is 2.42. The first-order valence-corrected chi connectivity index (χ1v) is 4.65. The zero-order valence-corrected chi connectivity index (χ0v) is 7.70. The van der Waals surface area contributed by atoms with E-state index in [1.807, 2.05) is 0 Å². The largest absolute Gasteiger partial charge is 0.290 e. The summed E-state index contributed by atoms with van der Waals surface area (Å²) in [5.41, 5.74) is 1.46. The summed E-state index contributed by atoms with van der Waals surface area (Å²) in [7, 11) is 0. The molecule has 1 saturated heterocycles. The Balaban J connectivity index is 2.14. The van der Waals surface area contributed by atoms with E-state index in [4.69, 9.17) is 0 Å². The summed E-state index contributed by atoms with van der Waals surface area (Å²) in [6.07, 6.45) is 0. The third-order valence-electron chi connectivity index (χ3n) is 2.75. The lowest BCUT2D eigenvalue weighted by atomic mass is 10.1. The van der Waals surface area contributed by atoms with Gasteiger partial charge in [0.25, 0.3) is 0 Å². The van der Waals surface area contributed by atoms with Gasteiger partial charge in [-0.2, -0.15) is 0 Å². The van der Waals surface area contributed by atoms with E-state index in [1.165, 1.54) is 12.1 Å². The molecule has 0 spiro atoms. The molecule has 0 N–H and O–H groups in total. The first-order chi connectivity index (χ1) is 5.84. The topological polar surface area (TPSA) is 3.01 Å². The molecule has 1 aliphatic heterocycles. The third kappa shape index (κ3) is 1.14. The maximum absolute atomic E-state index is 2.50. The lowest BCUT2D eigenvalue weighted by Gasteiger charge is -1.98. The van der Waals surface area contributed by atoms with Crippen LogP contribution in [0, 0.1) is 0 Å². The molecule has 0 saturated carbocycles. The Morgan fingerprint density at radius 3 is 2.42 bits per heavy atom. The van der Waals surface area contributed by atoms with Gasteiger partial charge >= 0.3 is 0 Å². The Morgan fingerprint density at radius 1 is 1.25 bits per heavy atom. The van der Waals surface area contributed by atoms with Crippen molar-refractivity contribution >= 4 is 0 Å². The molecule has 1 aromatic rings. The van der Waals surface area contributed by atoms with Gasteiger partial charge in [0.05, 0.1) is 6.04 Å². The normalized spacial score (nSPS) is 33.3. The maximum Gasteiger partial charge on any atom is 0.0504 e. The van der Waals surface area contributed by atoms with Crippen molar-refractivity contribution in [1.82, 2.24) is 4.90 Å². The minimum absolute atomic E-state index is 0.691. The highest BCUT2D eigenvalue weighted by Crippen LogP contribution is 2.41. The van der Waals surface area contributed by atoms with Crippen LogP contribution < -0.4 is 0 Å². The van der Waals surface area contributed by atoms with E-state index in [9.17, 15) is 0 Å². The van der Waals surface area contributed by atoms with Crippen molar-refractivity contribution in [2.24, 2.45) is 0 Å². The molecule has 1 unspecified atom stereocenters. The monoisotopic (exact) mass is 161 g/mol. The average Bonchev–Trinajstić information content (AvgIpc) is 2.78. The number of benzene rings is 1. The van der Waals surface area contributed by atoms with E-state index in [1.54, 1.807) is 0 Å². The average molecular weight is 161 g/mol. The quantitative estimate of drug-likeness (QED) is 0.602. The van der Waals surface area contributed by atoms with Crippen LogP contribution in [0.5, 0.6) is 0 Å². The van der Waals surface area contributed by atoms with Crippen LogP contribution in [0.1, 0.15) is 25.5 Å². The van der Waals surface area contributed by atoms with E-state index >= 15 is 0 Å². The molecule has 0 aromatic heterocycles. The first kappa shape index (κ1) is 7.81. The van der Waals surface area contributed by atoms with Gasteiger partial charge in [-0.15, -0.1) is 0 Å². The van der Waals surface area contributed by atoms with Gasteiger partial charge in [0.15, 0.2) is 0 Å². The van der Waals surface area contributed by atoms with Gasteiger partial charge < -0.3 is 0 Å². The highest BCUT2D eigenvalue weighted by atomic mass is 15.3. The van der Waals surface area contributed by atoms with Gasteiger partial charge in [0.2, 0.25) is 0 Å². The Hall–Kier alpha value is -0.820. The van der Waals surface area contributed by atoms with Gasteiger partial charge in [-0.25, -0.2) is 0 Å². The fraction of sp³-hybridized carbons (Fsp3) is 0.455. The van der Waals surface area contributed by atoms with Crippen LogP contribution in [0.2, 0.25) is 0 Å². The maximum atomic E-state index is 2.50. The molecule has 64 valence electrons. The van der Waals surface area contributed by atoms with Gasteiger partial charge in [-0.1, -0.05) is 37.3 Å². The van der Waals surface area contributed by atoms with Crippen LogP contribution >= 0.6 is 0 Å². The van der Waals surface area contributed by atoms with Crippen LogP contribution in [-0.2, 0) is 0 Å². The fourth-order valence-corrected chi connectivity index (χ4v) is 2.01. The zero-order valence-electron chi connectivity index (χ0n) is 7.70. The van der Waals surface area contributed by atoms with Crippen LogP contribution in [0.25, 0.3) is 0 Å². The minimum atomic E-state index is 0.691. The highest BCUT2D eigenvalue weighted by molar-refractivity contribution is 5.26. The summed E-state index contributed by atoms with van der Waals surface area (Å²) in [6, 6.07) is 12.2. The van der Waals surface area contributed by atoms with Crippen molar-refractivity contribution < 1.29 is 0 Å². The number of hydrogen-bond acceptors (Lipinski definition) is 1. The van der Waals surface area contributed by atoms with Crippen molar-refractivity contribution in [3.8, 4) is 0 Å². The molecular weight excluding hydrogens is 146 g/mol. The number of likely N-dealkylation sites (N-methyl/N-ethyl adjacent to an activating group) is 1. The Bertz CT molecular complexity index is 255. The van der Waals surface area contributed by atoms with Crippen molar-refractivity contribution in [1.29, 1.82) is 0 Å². The van der Waals surface area contributed by atoms with Gasteiger partial charge in [0.1, 0.15) is 0 Å². The molecule has 1 fully saturated rings. The first-order valence-electron chi connectivity index (χ1n) is 4.65. The summed E-state index contributed by atoms with van der Waals surface area (Å²) >= 11 is 0. The van der Waals surface area contributed by atoms with Crippen molar-refractivity contribution in [3.63, 3.8) is 0 Å². The van der Waals surface area contributed by atoms with Crippen LogP contribution in [0.4, 0.5) is 0 Å². The molecule has 1 aliphatic rings. The van der Waals surface area contributed by atoms with E-state index in [0.717, 1.165) is 6.04 Å². The predicted octanol–water partition coefficient (Wildman–Crippen LogP) is 2.45. The van der Waals surface area contributed by atoms with Crippen LogP contribution in [0.15, 0.2) is 30.3 Å². The third-order valence-corrected chi connectivity index (χ3v) is 2.75. The molecule has 3 atom stereocenters. The van der Waals surface area contributed by atoms with Gasteiger partial charge in [-0.05, 0) is 19.0 Å². The van der Waals surface area contributed by atoms with E-state index < -0.39 is 0 Å². The fourth-order valence-electron chi connectivity index (χ4n) is 2.01. The predicted molar refractivity (Wildman–Crippen MR) is 51.0 cm³/mol. The summed E-state index contributed by atoms with van der Waals surface area (Å²) in [5.74, 6) is 0. The summed E-state index contributed by atoms with van der Waals surface area (Å²) < 4.78 is 0. The molecule has 0 radical (unpaired) electrons. The number of rotatable bonds is 2. The standard InChI is InChI=1S/C11H15N/c1-3-12-9(2)11(12)10-7-5-4-6-8-10/h4-9,11H,3H2,1-2H3/t9-,11-,12?/m0/s1. The molecule has 1 heteroatoms. The van der Waals surface area contributed by atoms with E-state index in [-0.39, 0.29) is 0 Å². The molecule has 0 amide bonds. The molecule has 0 aliphatic carbocycles. The number of hydrogen-bond donors (Lipinski definition) is 0. The second-order valence-corrected chi connectivity index (χ2v) is 3.43. The van der Waals surface area contributed by atoms with Gasteiger partial charge in [0, 0.05) is 6.04 Å². The van der Waals surface area contributed by atoms with E-state index in [2.05, 4.69) is 49.1 Å². The summed E-state index contributed by atoms with van der Waals surface area (Å²) in [4.78, 5) is 2.50. The molecule has 1 heterocycles. The molecule has 2 rings (SSSR count). The SMILES string of the molecule is CCN1[C@H](c2ccccc2)[C@@H]1C. The summed E-state index contributed by atoms with van der Waals surface area (Å²) in [6.45, 7) is 5.68. The lowest BCUT2D eigenvalue weighted by molar-refractivity contribution is 0.518. The minimum Gasteiger partial charge on any atom is -0.290 e. The molecule has 12 heavy (non-hydrogen) atoms. The molecular formula is C11H15N. The Morgan fingerprint density at radius 2 is 1.92 bits per heavy atom. The second kappa shape index (κ2) is 2.91.